The number of nitrogens with zero attached hydrogens (tertiary/aromatic N) is 4. The van der Waals surface area contributed by atoms with Gasteiger partial charge in [0, 0.05) is 17.4 Å². The number of carbonyl (C=O) groups is 1. The van der Waals surface area contributed by atoms with Gasteiger partial charge in [-0.25, -0.2) is 14.6 Å². The highest BCUT2D eigenvalue weighted by atomic mass is 32.2. The van der Waals surface area contributed by atoms with E-state index in [0.29, 0.717) is 5.82 Å². The minimum absolute atomic E-state index is 0.0643. The van der Waals surface area contributed by atoms with E-state index in [1.165, 1.54) is 18.1 Å². The van der Waals surface area contributed by atoms with Gasteiger partial charge in [-0.3, -0.25) is 4.79 Å². The normalized spacial score (nSPS) is 10.7. The SMILES string of the molecule is Cc1cc(C)n(-c2cc(SCC(=O)Nc3ccccc3C)ncn2)n1. The van der Waals surface area contributed by atoms with Crippen molar-refractivity contribution in [2.75, 3.05) is 11.1 Å². The second-order valence-corrected chi connectivity index (χ2v) is 6.70. The summed E-state index contributed by atoms with van der Waals surface area (Å²) in [6.07, 6.45) is 1.49. The fourth-order valence-corrected chi connectivity index (χ4v) is 3.09. The van der Waals surface area contributed by atoms with Crippen LogP contribution in [-0.4, -0.2) is 31.4 Å². The van der Waals surface area contributed by atoms with Gasteiger partial charge in [0.2, 0.25) is 5.91 Å². The first-order valence-corrected chi connectivity index (χ1v) is 8.85. The Morgan fingerprint density at radius 1 is 1.16 bits per heavy atom. The van der Waals surface area contributed by atoms with Crippen LogP contribution in [0.25, 0.3) is 5.82 Å². The lowest BCUT2D eigenvalue weighted by molar-refractivity contribution is -0.113. The molecule has 0 bridgehead atoms. The van der Waals surface area contributed by atoms with Crippen molar-refractivity contribution in [1.82, 2.24) is 19.7 Å². The van der Waals surface area contributed by atoms with Gasteiger partial charge in [-0.15, -0.1) is 0 Å². The van der Waals surface area contributed by atoms with E-state index < -0.39 is 0 Å². The van der Waals surface area contributed by atoms with Crippen LogP contribution in [-0.2, 0) is 4.79 Å². The number of nitrogens with one attached hydrogen (secondary N) is 1. The summed E-state index contributed by atoms with van der Waals surface area (Å²) in [5.74, 6) is 0.912. The van der Waals surface area contributed by atoms with Crippen molar-refractivity contribution < 1.29 is 4.79 Å². The number of carbonyl (C=O) groups excluding carboxylic acids is 1. The molecular weight excluding hydrogens is 334 g/mol. The van der Waals surface area contributed by atoms with E-state index >= 15 is 0 Å². The van der Waals surface area contributed by atoms with Crippen molar-refractivity contribution in [1.29, 1.82) is 0 Å². The molecule has 0 spiro atoms. The molecule has 25 heavy (non-hydrogen) atoms. The zero-order valence-corrected chi connectivity index (χ0v) is 15.2. The summed E-state index contributed by atoms with van der Waals surface area (Å²) in [6.45, 7) is 5.88. The van der Waals surface area contributed by atoms with Gasteiger partial charge < -0.3 is 5.32 Å². The Morgan fingerprint density at radius 2 is 1.96 bits per heavy atom. The van der Waals surface area contributed by atoms with Gasteiger partial charge in [-0.2, -0.15) is 5.10 Å². The minimum atomic E-state index is -0.0643. The summed E-state index contributed by atoms with van der Waals surface area (Å²) >= 11 is 1.37. The number of hydrogen-bond acceptors (Lipinski definition) is 5. The summed E-state index contributed by atoms with van der Waals surface area (Å²) in [5.41, 5.74) is 3.81. The van der Waals surface area contributed by atoms with Crippen LogP contribution in [0.3, 0.4) is 0 Å². The van der Waals surface area contributed by atoms with E-state index in [2.05, 4.69) is 20.4 Å². The molecule has 0 aliphatic rings. The molecule has 6 nitrogen and oxygen atoms in total. The molecular formula is C18H19N5OS. The van der Waals surface area contributed by atoms with E-state index in [1.807, 2.05) is 57.2 Å². The molecule has 1 N–H and O–H groups in total. The molecule has 0 fully saturated rings. The molecule has 128 valence electrons. The number of rotatable bonds is 5. The largest absolute Gasteiger partial charge is 0.325 e. The lowest BCUT2D eigenvalue weighted by atomic mass is 10.2. The Kier molecular flexibility index (Phi) is 5.14. The fourth-order valence-electron chi connectivity index (χ4n) is 2.42. The maximum atomic E-state index is 12.2. The predicted molar refractivity (Wildman–Crippen MR) is 99.2 cm³/mol. The van der Waals surface area contributed by atoms with Gasteiger partial charge in [-0.1, -0.05) is 30.0 Å². The zero-order valence-electron chi connectivity index (χ0n) is 14.4. The molecule has 1 amide bonds. The summed E-state index contributed by atoms with van der Waals surface area (Å²) in [6, 6.07) is 11.5. The van der Waals surface area contributed by atoms with E-state index in [0.717, 1.165) is 27.7 Å². The number of thioether (sulfide) groups is 1. The molecule has 2 aromatic heterocycles. The highest BCUT2D eigenvalue weighted by Gasteiger charge is 2.09. The van der Waals surface area contributed by atoms with Gasteiger partial charge in [0.1, 0.15) is 11.4 Å². The van der Waals surface area contributed by atoms with Crippen molar-refractivity contribution in [2.24, 2.45) is 0 Å². The smallest absolute Gasteiger partial charge is 0.234 e. The van der Waals surface area contributed by atoms with Crippen LogP contribution >= 0.6 is 11.8 Å². The van der Waals surface area contributed by atoms with Crippen molar-refractivity contribution >= 4 is 23.4 Å². The third-order valence-electron chi connectivity index (χ3n) is 3.62. The Morgan fingerprint density at radius 3 is 2.68 bits per heavy atom. The number of aromatic nitrogens is 4. The van der Waals surface area contributed by atoms with Crippen LogP contribution in [0.5, 0.6) is 0 Å². The lowest BCUT2D eigenvalue weighted by Gasteiger charge is -2.08. The molecule has 0 aliphatic carbocycles. The summed E-state index contributed by atoms with van der Waals surface area (Å²) in [7, 11) is 0. The quantitative estimate of drug-likeness (QED) is 0.563. The average molecular weight is 353 g/mol. The second kappa shape index (κ2) is 7.48. The Balaban J connectivity index is 1.66. The highest BCUT2D eigenvalue weighted by Crippen LogP contribution is 2.19. The molecule has 0 aliphatic heterocycles. The summed E-state index contributed by atoms with van der Waals surface area (Å²) in [4.78, 5) is 20.7. The fraction of sp³-hybridized carbons (Fsp3) is 0.222. The first-order chi connectivity index (χ1) is 12.0. The van der Waals surface area contributed by atoms with E-state index in [-0.39, 0.29) is 11.7 Å². The summed E-state index contributed by atoms with van der Waals surface area (Å²) in [5, 5.41) is 8.07. The van der Waals surface area contributed by atoms with Crippen LogP contribution < -0.4 is 5.32 Å². The van der Waals surface area contributed by atoms with E-state index in [4.69, 9.17) is 0 Å². The molecule has 3 aromatic rings. The molecule has 0 atom stereocenters. The molecule has 2 heterocycles. The van der Waals surface area contributed by atoms with E-state index in [9.17, 15) is 4.79 Å². The standard InChI is InChI=1S/C18H19N5OS/c1-12-6-4-5-7-15(12)21-17(24)10-25-18-9-16(19-11-20-18)23-14(3)8-13(2)22-23/h4-9,11H,10H2,1-3H3,(H,21,24). The van der Waals surface area contributed by atoms with Crippen LogP contribution in [0, 0.1) is 20.8 Å². The number of benzene rings is 1. The molecule has 3 rings (SSSR count). The Labute approximate surface area is 150 Å². The van der Waals surface area contributed by atoms with Gasteiger partial charge >= 0.3 is 0 Å². The van der Waals surface area contributed by atoms with E-state index in [1.54, 1.807) is 4.68 Å². The maximum absolute atomic E-state index is 12.2. The van der Waals surface area contributed by atoms with Gasteiger partial charge in [0.15, 0.2) is 5.82 Å². The molecule has 1 aromatic carbocycles. The Hall–Kier alpha value is -2.67. The molecule has 0 saturated heterocycles. The minimum Gasteiger partial charge on any atom is -0.325 e. The molecule has 0 unspecified atom stereocenters. The van der Waals surface area contributed by atoms with Gasteiger partial charge in [0.05, 0.1) is 11.4 Å². The van der Waals surface area contributed by atoms with Crippen LogP contribution in [0.4, 0.5) is 5.69 Å². The molecule has 7 heteroatoms. The van der Waals surface area contributed by atoms with Crippen LogP contribution in [0.1, 0.15) is 17.0 Å². The number of hydrogen-bond donors (Lipinski definition) is 1. The number of anilines is 1. The first kappa shape index (κ1) is 17.2. The average Bonchev–Trinajstić information content (AvgIpc) is 2.94. The monoisotopic (exact) mass is 353 g/mol. The first-order valence-electron chi connectivity index (χ1n) is 7.87. The lowest BCUT2D eigenvalue weighted by Crippen LogP contribution is -2.15. The highest BCUT2D eigenvalue weighted by molar-refractivity contribution is 7.99. The van der Waals surface area contributed by atoms with Crippen molar-refractivity contribution in [3.8, 4) is 5.82 Å². The number of para-hydroxylation sites is 1. The third kappa shape index (κ3) is 4.24. The molecule has 0 radical (unpaired) electrons. The second-order valence-electron chi connectivity index (χ2n) is 5.71. The number of aryl methyl sites for hydroxylation is 3. The zero-order chi connectivity index (χ0) is 17.8. The van der Waals surface area contributed by atoms with Crippen LogP contribution in [0.2, 0.25) is 0 Å². The van der Waals surface area contributed by atoms with Crippen LogP contribution in [0.15, 0.2) is 47.8 Å². The van der Waals surface area contributed by atoms with Crippen molar-refractivity contribution in [3.63, 3.8) is 0 Å². The Bertz CT molecular complexity index is 906. The summed E-state index contributed by atoms with van der Waals surface area (Å²) < 4.78 is 1.77. The number of amides is 1. The van der Waals surface area contributed by atoms with Gasteiger partial charge in [-0.05, 0) is 38.5 Å². The topological polar surface area (TPSA) is 72.7 Å². The van der Waals surface area contributed by atoms with Crippen molar-refractivity contribution in [3.05, 3.63) is 59.7 Å². The molecule has 0 saturated carbocycles. The predicted octanol–water partition coefficient (Wildman–Crippen LogP) is 3.32. The third-order valence-corrected chi connectivity index (χ3v) is 4.55. The van der Waals surface area contributed by atoms with Gasteiger partial charge in [0.25, 0.3) is 0 Å². The van der Waals surface area contributed by atoms with Crippen molar-refractivity contribution in [2.45, 2.75) is 25.8 Å². The maximum Gasteiger partial charge on any atom is 0.234 e.